The van der Waals surface area contributed by atoms with Crippen molar-refractivity contribution in [2.45, 2.75) is 57.5 Å². The molecule has 1 aliphatic carbocycles. The fourth-order valence-corrected chi connectivity index (χ4v) is 3.15. The van der Waals surface area contributed by atoms with Crippen LogP contribution in [0.4, 0.5) is 0 Å². The fourth-order valence-electron chi connectivity index (χ4n) is 3.15. The molecule has 17 heavy (non-hydrogen) atoms. The minimum absolute atomic E-state index is 0.131. The van der Waals surface area contributed by atoms with E-state index < -0.39 is 0 Å². The van der Waals surface area contributed by atoms with Gasteiger partial charge in [0.2, 0.25) is 0 Å². The third-order valence-electron chi connectivity index (χ3n) is 4.24. The summed E-state index contributed by atoms with van der Waals surface area (Å²) in [7, 11) is 4.33. The summed E-state index contributed by atoms with van der Waals surface area (Å²) in [5.74, 6) is 0.781. The molecule has 0 amide bonds. The lowest BCUT2D eigenvalue weighted by atomic mass is 9.71. The lowest BCUT2D eigenvalue weighted by Gasteiger charge is -2.48. The predicted molar refractivity (Wildman–Crippen MR) is 73.1 cm³/mol. The van der Waals surface area contributed by atoms with Gasteiger partial charge in [-0.2, -0.15) is 0 Å². The highest BCUT2D eigenvalue weighted by Crippen LogP contribution is 2.37. The van der Waals surface area contributed by atoms with Crippen LogP contribution in [-0.2, 0) is 4.74 Å². The summed E-state index contributed by atoms with van der Waals surface area (Å²) in [6.07, 6.45) is 6.12. The van der Waals surface area contributed by atoms with E-state index in [0.717, 1.165) is 18.9 Å². The SMILES string of the molecule is CCCOCC(N)C1(N(C)C)CCCC(C)C1. The van der Waals surface area contributed by atoms with Gasteiger partial charge in [0.05, 0.1) is 6.61 Å². The second kappa shape index (κ2) is 6.72. The van der Waals surface area contributed by atoms with Crippen molar-refractivity contribution in [3.8, 4) is 0 Å². The van der Waals surface area contributed by atoms with Crippen molar-refractivity contribution in [1.82, 2.24) is 4.90 Å². The molecular formula is C14H30N2O. The standard InChI is InChI=1S/C14H30N2O/c1-5-9-17-11-13(15)14(16(3)4)8-6-7-12(2)10-14/h12-13H,5-11,15H2,1-4H3. The molecule has 0 aliphatic heterocycles. The van der Waals surface area contributed by atoms with Gasteiger partial charge >= 0.3 is 0 Å². The molecule has 3 atom stereocenters. The molecule has 3 nitrogen and oxygen atoms in total. The van der Waals surface area contributed by atoms with E-state index in [1.807, 2.05) is 0 Å². The van der Waals surface area contributed by atoms with Gasteiger partial charge in [0.15, 0.2) is 0 Å². The number of nitrogens with zero attached hydrogens (tertiary/aromatic N) is 1. The molecule has 0 bridgehead atoms. The van der Waals surface area contributed by atoms with Crippen LogP contribution < -0.4 is 5.73 Å². The van der Waals surface area contributed by atoms with Gasteiger partial charge in [-0.05, 0) is 39.3 Å². The first-order chi connectivity index (χ1) is 8.03. The van der Waals surface area contributed by atoms with Crippen LogP contribution in [0.5, 0.6) is 0 Å². The molecule has 1 saturated carbocycles. The molecule has 0 aromatic heterocycles. The van der Waals surface area contributed by atoms with Crippen LogP contribution in [0.15, 0.2) is 0 Å². The van der Waals surface area contributed by atoms with Crippen molar-refractivity contribution < 1.29 is 4.74 Å². The molecule has 3 heteroatoms. The van der Waals surface area contributed by atoms with Crippen LogP contribution in [0, 0.1) is 5.92 Å². The zero-order valence-electron chi connectivity index (χ0n) is 12.0. The molecule has 1 rings (SSSR count). The van der Waals surface area contributed by atoms with Crippen LogP contribution >= 0.6 is 0 Å². The molecule has 2 N–H and O–H groups in total. The lowest BCUT2D eigenvalue weighted by Crippen LogP contribution is -2.61. The number of hydrogen-bond acceptors (Lipinski definition) is 3. The summed E-state index contributed by atoms with van der Waals surface area (Å²) in [4.78, 5) is 2.34. The highest BCUT2D eigenvalue weighted by atomic mass is 16.5. The molecule has 0 heterocycles. The molecule has 0 aromatic carbocycles. The van der Waals surface area contributed by atoms with E-state index in [-0.39, 0.29) is 11.6 Å². The number of ether oxygens (including phenoxy) is 1. The van der Waals surface area contributed by atoms with E-state index in [1.54, 1.807) is 0 Å². The highest BCUT2D eigenvalue weighted by Gasteiger charge is 2.41. The first-order valence-electron chi connectivity index (χ1n) is 7.03. The first-order valence-corrected chi connectivity index (χ1v) is 7.03. The maximum atomic E-state index is 6.42. The first kappa shape index (κ1) is 14.9. The molecule has 0 spiro atoms. The van der Waals surface area contributed by atoms with Crippen LogP contribution in [-0.4, -0.2) is 43.8 Å². The fraction of sp³-hybridized carbons (Fsp3) is 1.00. The average Bonchev–Trinajstić information content (AvgIpc) is 2.28. The monoisotopic (exact) mass is 242 g/mol. The summed E-state index contributed by atoms with van der Waals surface area (Å²) in [5.41, 5.74) is 6.56. The van der Waals surface area contributed by atoms with Gasteiger partial charge < -0.3 is 15.4 Å². The van der Waals surface area contributed by atoms with Gasteiger partial charge in [-0.1, -0.05) is 26.7 Å². The van der Waals surface area contributed by atoms with Crippen molar-refractivity contribution in [3.05, 3.63) is 0 Å². The molecular weight excluding hydrogens is 212 g/mol. The van der Waals surface area contributed by atoms with E-state index >= 15 is 0 Å². The summed E-state index contributed by atoms with van der Waals surface area (Å²) in [5, 5.41) is 0. The topological polar surface area (TPSA) is 38.5 Å². The Morgan fingerprint density at radius 2 is 2.18 bits per heavy atom. The van der Waals surface area contributed by atoms with Crippen molar-refractivity contribution in [1.29, 1.82) is 0 Å². The van der Waals surface area contributed by atoms with Gasteiger partial charge in [0.1, 0.15) is 0 Å². The number of nitrogens with two attached hydrogens (primary N) is 1. The third-order valence-corrected chi connectivity index (χ3v) is 4.24. The summed E-state index contributed by atoms with van der Waals surface area (Å²) >= 11 is 0. The van der Waals surface area contributed by atoms with Gasteiger partial charge in [-0.15, -0.1) is 0 Å². The van der Waals surface area contributed by atoms with Crippen LogP contribution in [0.1, 0.15) is 46.0 Å². The number of likely N-dealkylation sites (N-methyl/N-ethyl adjacent to an activating group) is 1. The average molecular weight is 242 g/mol. The zero-order valence-corrected chi connectivity index (χ0v) is 12.0. The summed E-state index contributed by atoms with van der Waals surface area (Å²) < 4.78 is 5.66. The Hall–Kier alpha value is -0.120. The van der Waals surface area contributed by atoms with Crippen molar-refractivity contribution in [2.24, 2.45) is 11.7 Å². The maximum Gasteiger partial charge on any atom is 0.0635 e. The van der Waals surface area contributed by atoms with Crippen LogP contribution in [0.2, 0.25) is 0 Å². The second-order valence-electron chi connectivity index (χ2n) is 5.88. The Labute approximate surface area is 107 Å². The molecule has 102 valence electrons. The van der Waals surface area contributed by atoms with E-state index in [0.29, 0.717) is 6.61 Å². The molecule has 3 unspecified atom stereocenters. The smallest absolute Gasteiger partial charge is 0.0635 e. The summed E-state index contributed by atoms with van der Waals surface area (Å²) in [6.45, 7) is 6.00. The zero-order chi connectivity index (χ0) is 12.9. The Bertz CT molecular complexity index is 220. The van der Waals surface area contributed by atoms with E-state index in [2.05, 4.69) is 32.8 Å². The molecule has 0 saturated heterocycles. The summed E-state index contributed by atoms with van der Waals surface area (Å²) in [6, 6.07) is 0.131. The Kier molecular flexibility index (Phi) is 5.90. The highest BCUT2D eigenvalue weighted by molar-refractivity contribution is 5.00. The van der Waals surface area contributed by atoms with E-state index in [9.17, 15) is 0 Å². The van der Waals surface area contributed by atoms with Crippen molar-refractivity contribution in [2.75, 3.05) is 27.3 Å². The predicted octanol–water partition coefficient (Wildman–Crippen LogP) is 2.25. The minimum Gasteiger partial charge on any atom is -0.380 e. The van der Waals surface area contributed by atoms with Crippen molar-refractivity contribution in [3.63, 3.8) is 0 Å². The second-order valence-corrected chi connectivity index (χ2v) is 5.88. The Morgan fingerprint density at radius 1 is 1.47 bits per heavy atom. The molecule has 1 fully saturated rings. The largest absolute Gasteiger partial charge is 0.380 e. The van der Waals surface area contributed by atoms with E-state index in [1.165, 1.54) is 25.7 Å². The van der Waals surface area contributed by atoms with Gasteiger partial charge in [-0.3, -0.25) is 0 Å². The quantitative estimate of drug-likeness (QED) is 0.726. The molecule has 0 aromatic rings. The normalized spacial score (nSPS) is 31.8. The van der Waals surface area contributed by atoms with Gasteiger partial charge in [0, 0.05) is 18.2 Å². The number of hydrogen-bond donors (Lipinski definition) is 1. The molecule has 0 radical (unpaired) electrons. The van der Waals surface area contributed by atoms with Crippen molar-refractivity contribution >= 4 is 0 Å². The Morgan fingerprint density at radius 3 is 2.71 bits per heavy atom. The Balaban J connectivity index is 2.62. The minimum atomic E-state index is 0.131. The van der Waals surface area contributed by atoms with Gasteiger partial charge in [-0.25, -0.2) is 0 Å². The number of rotatable bonds is 6. The maximum absolute atomic E-state index is 6.42. The molecule has 1 aliphatic rings. The lowest BCUT2D eigenvalue weighted by molar-refractivity contribution is 0.00940. The van der Waals surface area contributed by atoms with Gasteiger partial charge in [0.25, 0.3) is 0 Å². The van der Waals surface area contributed by atoms with Crippen LogP contribution in [0.3, 0.4) is 0 Å². The van der Waals surface area contributed by atoms with Crippen LogP contribution in [0.25, 0.3) is 0 Å². The third kappa shape index (κ3) is 3.67. The van der Waals surface area contributed by atoms with E-state index in [4.69, 9.17) is 10.5 Å².